The molecule has 1 aromatic carbocycles. The van der Waals surface area contributed by atoms with Crippen LogP contribution in [0.15, 0.2) is 66.0 Å². The first kappa shape index (κ1) is 23.2. The summed E-state index contributed by atoms with van der Waals surface area (Å²) in [6.45, 7) is 2.44. The fraction of sp³-hybridized carbons (Fsp3) is 0.182. The van der Waals surface area contributed by atoms with Crippen molar-refractivity contribution in [2.75, 3.05) is 7.05 Å². The fourth-order valence-corrected chi connectivity index (χ4v) is 5.08. The summed E-state index contributed by atoms with van der Waals surface area (Å²) in [5, 5.41) is 4.45. The molecule has 0 saturated heterocycles. The van der Waals surface area contributed by atoms with E-state index in [1.807, 2.05) is 44.3 Å². The van der Waals surface area contributed by atoms with E-state index in [0.29, 0.717) is 23.6 Å². The van der Waals surface area contributed by atoms with Crippen molar-refractivity contribution >= 4 is 44.9 Å². The molecule has 31 heavy (non-hydrogen) atoms. The first-order chi connectivity index (χ1) is 14.4. The highest BCUT2D eigenvalue weighted by Gasteiger charge is 2.21. The number of nitrogens with zero attached hydrogens (tertiary/aromatic N) is 3. The molecule has 0 atom stereocenters. The van der Waals surface area contributed by atoms with Crippen LogP contribution in [0.3, 0.4) is 0 Å². The Kier molecular flexibility index (Phi) is 7.01. The lowest BCUT2D eigenvalue weighted by Crippen LogP contribution is -2.12. The lowest BCUT2D eigenvalue weighted by atomic mass is 10.0. The zero-order valence-electron chi connectivity index (χ0n) is 17.0. The molecule has 0 aliphatic carbocycles. The van der Waals surface area contributed by atoms with Crippen molar-refractivity contribution in [1.29, 1.82) is 0 Å². The van der Waals surface area contributed by atoms with Crippen LogP contribution in [0.2, 0.25) is 5.15 Å². The van der Waals surface area contributed by atoms with Crippen LogP contribution < -0.4 is 5.32 Å². The summed E-state index contributed by atoms with van der Waals surface area (Å²) in [5.41, 5.74) is 4.23. The average Bonchev–Trinajstić information content (AvgIpc) is 3.10. The molecule has 0 spiro atoms. The Morgan fingerprint density at radius 1 is 1.13 bits per heavy atom. The second-order valence-corrected chi connectivity index (χ2v) is 9.28. The summed E-state index contributed by atoms with van der Waals surface area (Å²) in [4.78, 5) is 8.42. The van der Waals surface area contributed by atoms with Gasteiger partial charge in [0.1, 0.15) is 10.0 Å². The van der Waals surface area contributed by atoms with Gasteiger partial charge < -0.3 is 5.32 Å². The largest absolute Gasteiger partial charge is 0.316 e. The number of aryl methyl sites for hydroxylation is 1. The quantitative estimate of drug-likeness (QED) is 0.418. The van der Waals surface area contributed by atoms with E-state index in [0.717, 1.165) is 27.8 Å². The Hall–Kier alpha value is -2.45. The Balaban J connectivity index is 0.00000272. The maximum atomic E-state index is 13.3. The van der Waals surface area contributed by atoms with Crippen LogP contribution in [-0.4, -0.2) is 29.4 Å². The highest BCUT2D eigenvalue weighted by atomic mass is 35.5. The highest BCUT2D eigenvalue weighted by Crippen LogP contribution is 2.28. The number of fused-ring (bicyclic) bond motifs is 1. The van der Waals surface area contributed by atoms with Crippen molar-refractivity contribution in [3.63, 3.8) is 0 Å². The number of pyridine rings is 2. The Bertz CT molecular complexity index is 1320. The molecule has 0 saturated carbocycles. The molecule has 9 heteroatoms. The molecule has 0 radical (unpaired) electrons. The number of rotatable bonds is 6. The molecular weight excluding hydrogens is 455 g/mol. The van der Waals surface area contributed by atoms with Crippen molar-refractivity contribution < 1.29 is 8.42 Å². The van der Waals surface area contributed by atoms with Gasteiger partial charge in [-0.3, -0.25) is 4.98 Å². The van der Waals surface area contributed by atoms with Gasteiger partial charge >= 0.3 is 0 Å². The van der Waals surface area contributed by atoms with Gasteiger partial charge in [0.15, 0.2) is 0 Å². The van der Waals surface area contributed by atoms with Crippen LogP contribution in [-0.2, 0) is 23.0 Å². The van der Waals surface area contributed by atoms with Gasteiger partial charge in [0.05, 0.1) is 5.52 Å². The molecule has 6 nitrogen and oxygen atoms in total. The third-order valence-electron chi connectivity index (χ3n) is 4.94. The van der Waals surface area contributed by atoms with Crippen LogP contribution >= 0.6 is 24.0 Å². The summed E-state index contributed by atoms with van der Waals surface area (Å²) >= 11 is 6.30. The predicted molar refractivity (Wildman–Crippen MR) is 126 cm³/mol. The summed E-state index contributed by atoms with van der Waals surface area (Å²) in [7, 11) is -1.95. The first-order valence-corrected chi connectivity index (χ1v) is 11.3. The van der Waals surface area contributed by atoms with Gasteiger partial charge in [-0.05, 0) is 54.9 Å². The number of hydrogen-bond donors (Lipinski definition) is 1. The molecule has 4 rings (SSSR count). The molecule has 4 aromatic rings. The number of hydrogen-bond acceptors (Lipinski definition) is 5. The van der Waals surface area contributed by atoms with Crippen LogP contribution in [0.1, 0.15) is 22.4 Å². The summed E-state index contributed by atoms with van der Waals surface area (Å²) in [6.07, 6.45) is 5.15. The third kappa shape index (κ3) is 4.60. The van der Waals surface area contributed by atoms with E-state index >= 15 is 0 Å². The lowest BCUT2D eigenvalue weighted by Gasteiger charge is -2.09. The van der Waals surface area contributed by atoms with E-state index in [9.17, 15) is 8.42 Å². The summed E-state index contributed by atoms with van der Waals surface area (Å²) in [5.74, 6) is 0. The van der Waals surface area contributed by atoms with E-state index in [1.165, 1.54) is 10.2 Å². The topological polar surface area (TPSA) is 76.9 Å². The van der Waals surface area contributed by atoms with Crippen LogP contribution in [0.5, 0.6) is 0 Å². The third-order valence-corrected chi connectivity index (χ3v) is 6.92. The normalized spacial score (nSPS) is 11.5. The smallest absolute Gasteiger partial charge is 0.269 e. The monoisotopic (exact) mass is 476 g/mol. The molecule has 3 aromatic heterocycles. The van der Waals surface area contributed by atoms with E-state index in [-0.39, 0.29) is 17.3 Å². The molecule has 1 N–H and O–H groups in total. The zero-order valence-corrected chi connectivity index (χ0v) is 19.4. The van der Waals surface area contributed by atoms with Gasteiger partial charge in [0.2, 0.25) is 0 Å². The van der Waals surface area contributed by atoms with Crippen molar-refractivity contribution in [3.8, 4) is 0 Å². The maximum Gasteiger partial charge on any atom is 0.269 e. The molecular formula is C22H22Cl2N4O2S. The molecule has 0 unspecified atom stereocenters. The van der Waals surface area contributed by atoms with Crippen molar-refractivity contribution in [2.24, 2.45) is 0 Å². The zero-order chi connectivity index (χ0) is 21.3. The van der Waals surface area contributed by atoms with Gasteiger partial charge in [-0.15, -0.1) is 12.4 Å². The Labute approximate surface area is 192 Å². The summed E-state index contributed by atoms with van der Waals surface area (Å²) < 4.78 is 27.9. The number of benzene rings is 1. The van der Waals surface area contributed by atoms with E-state index in [2.05, 4.69) is 15.3 Å². The molecule has 0 aliphatic rings. The SMILES string of the molecule is CNCc1cn(S(=O)(=O)c2cccnc2)c2cc(Cc3ccc(C)nc3Cl)ccc12.Cl. The highest BCUT2D eigenvalue weighted by molar-refractivity contribution is 7.90. The van der Waals surface area contributed by atoms with Gasteiger partial charge in [0.25, 0.3) is 10.0 Å². The number of halogens is 2. The maximum absolute atomic E-state index is 13.3. The predicted octanol–water partition coefficient (Wildman–Crippen LogP) is 4.36. The second kappa shape index (κ2) is 9.36. The molecule has 0 amide bonds. The van der Waals surface area contributed by atoms with Gasteiger partial charge in [-0.2, -0.15) is 0 Å². The van der Waals surface area contributed by atoms with E-state index < -0.39 is 10.0 Å². The molecule has 0 aliphatic heterocycles. The van der Waals surface area contributed by atoms with Crippen LogP contribution in [0.25, 0.3) is 10.9 Å². The van der Waals surface area contributed by atoms with Crippen molar-refractivity contribution in [2.45, 2.75) is 24.8 Å². The number of nitrogens with one attached hydrogen (secondary N) is 1. The van der Waals surface area contributed by atoms with E-state index in [1.54, 1.807) is 24.5 Å². The first-order valence-electron chi connectivity index (χ1n) is 9.45. The van der Waals surface area contributed by atoms with Crippen molar-refractivity contribution in [1.82, 2.24) is 19.3 Å². The second-order valence-electron chi connectivity index (χ2n) is 7.11. The average molecular weight is 477 g/mol. The van der Waals surface area contributed by atoms with Crippen LogP contribution in [0, 0.1) is 6.92 Å². The van der Waals surface area contributed by atoms with Crippen LogP contribution in [0.4, 0.5) is 0 Å². The van der Waals surface area contributed by atoms with Gasteiger partial charge in [-0.1, -0.05) is 29.8 Å². The Morgan fingerprint density at radius 3 is 2.61 bits per heavy atom. The number of aromatic nitrogens is 3. The minimum atomic E-state index is -3.78. The molecule has 3 heterocycles. The van der Waals surface area contributed by atoms with Crippen molar-refractivity contribution in [3.05, 3.63) is 88.6 Å². The minimum Gasteiger partial charge on any atom is -0.316 e. The molecule has 162 valence electrons. The molecule has 0 bridgehead atoms. The van der Waals surface area contributed by atoms with E-state index in [4.69, 9.17) is 11.6 Å². The molecule has 0 fully saturated rings. The minimum absolute atomic E-state index is 0. The Morgan fingerprint density at radius 2 is 1.94 bits per heavy atom. The standard InChI is InChI=1S/C22H21ClN4O2S.ClH/c1-15-5-7-17(22(23)26-15)10-16-6-8-20-18(12-24-2)14-27(21(20)11-16)30(28,29)19-4-3-9-25-13-19;/h3-9,11,13-14,24H,10,12H2,1-2H3;1H. The lowest BCUT2D eigenvalue weighted by molar-refractivity contribution is 0.588. The fourth-order valence-electron chi connectivity index (χ4n) is 3.47. The van der Waals surface area contributed by atoms with Gasteiger partial charge in [-0.25, -0.2) is 17.4 Å². The summed E-state index contributed by atoms with van der Waals surface area (Å²) in [6, 6.07) is 12.9. The van der Waals surface area contributed by atoms with Gasteiger partial charge in [0, 0.05) is 42.6 Å².